The largest absolute Gasteiger partial charge is 0.497 e. The Morgan fingerprint density at radius 2 is 1.92 bits per heavy atom. The molecule has 0 unspecified atom stereocenters. The summed E-state index contributed by atoms with van der Waals surface area (Å²) in [6.45, 7) is -1.05. The van der Waals surface area contributed by atoms with Gasteiger partial charge in [0.15, 0.2) is 12.3 Å². The first-order valence-electron chi connectivity index (χ1n) is 6.90. The molecule has 0 heterocycles. The molecule has 7 nitrogen and oxygen atoms in total. The van der Waals surface area contributed by atoms with Gasteiger partial charge < -0.3 is 20.5 Å². The summed E-state index contributed by atoms with van der Waals surface area (Å²) in [7, 11) is 2.41. The monoisotopic (exact) mass is 377 g/mol. The Bertz CT molecular complexity index is 760. The van der Waals surface area contributed by atoms with Gasteiger partial charge in [-0.1, -0.05) is 0 Å². The first-order chi connectivity index (χ1) is 12.0. The van der Waals surface area contributed by atoms with E-state index in [1.165, 1.54) is 13.2 Å². The van der Waals surface area contributed by atoms with E-state index in [2.05, 4.69) is 10.1 Å². The van der Waals surface area contributed by atoms with Crippen LogP contribution in [0, 0.1) is 11.2 Å². The number of hydrogen-bond acceptors (Lipinski definition) is 7. The van der Waals surface area contributed by atoms with Crippen LogP contribution in [0.2, 0.25) is 0 Å². The van der Waals surface area contributed by atoms with Gasteiger partial charge in [-0.3, -0.25) is 10.2 Å². The number of benzene rings is 1. The Hall–Kier alpha value is -3.11. The number of halogens is 4. The Balaban J connectivity index is 2.95. The van der Waals surface area contributed by atoms with Crippen LogP contribution in [0.3, 0.4) is 0 Å². The summed E-state index contributed by atoms with van der Waals surface area (Å²) in [6, 6.07) is 3.27. The number of hydrogen-bond donors (Lipinski definition) is 3. The quantitative estimate of drug-likeness (QED) is 0.218. The first-order valence-corrected chi connectivity index (χ1v) is 6.90. The van der Waals surface area contributed by atoms with Crippen LogP contribution in [0.5, 0.6) is 5.75 Å². The van der Waals surface area contributed by atoms with Crippen molar-refractivity contribution in [2.24, 2.45) is 5.73 Å². The van der Waals surface area contributed by atoms with E-state index in [-0.39, 0.29) is 5.75 Å². The molecule has 11 heteroatoms. The van der Waals surface area contributed by atoms with E-state index in [1.54, 1.807) is 0 Å². The molecule has 0 saturated carbocycles. The van der Waals surface area contributed by atoms with Crippen LogP contribution in [0.4, 0.5) is 17.6 Å². The molecule has 0 radical (unpaired) electrons. The number of nitrogens with one attached hydrogen (secondary N) is 2. The fourth-order valence-corrected chi connectivity index (χ4v) is 1.74. The lowest BCUT2D eigenvalue weighted by Gasteiger charge is -2.14. The van der Waals surface area contributed by atoms with Crippen molar-refractivity contribution >= 4 is 17.5 Å². The average Bonchev–Trinajstić information content (AvgIpc) is 2.58. The SMILES string of the molecule is CN/C(N)=C(\C(=N)C(F)(F)F)C(=O)OCC(=O)c1ccc(OC)cc1F. The average molecular weight is 377 g/mol. The molecule has 0 bridgehead atoms. The van der Waals surface area contributed by atoms with Gasteiger partial charge in [-0.15, -0.1) is 0 Å². The van der Waals surface area contributed by atoms with Gasteiger partial charge in [-0.2, -0.15) is 13.2 Å². The van der Waals surface area contributed by atoms with Crippen LogP contribution in [-0.2, 0) is 9.53 Å². The molecule has 0 aliphatic rings. The molecule has 0 fully saturated rings. The minimum absolute atomic E-state index is 0.140. The number of esters is 1. The van der Waals surface area contributed by atoms with Crippen molar-refractivity contribution in [3.8, 4) is 5.75 Å². The van der Waals surface area contributed by atoms with Crippen molar-refractivity contribution in [2.75, 3.05) is 20.8 Å². The summed E-state index contributed by atoms with van der Waals surface area (Å²) in [5.74, 6) is -4.23. The van der Waals surface area contributed by atoms with E-state index in [1.807, 2.05) is 0 Å². The lowest BCUT2D eigenvalue weighted by atomic mass is 10.1. The maximum atomic E-state index is 13.8. The summed E-state index contributed by atoms with van der Waals surface area (Å²) >= 11 is 0. The van der Waals surface area contributed by atoms with Crippen molar-refractivity contribution in [1.29, 1.82) is 5.41 Å². The summed E-state index contributed by atoms with van der Waals surface area (Å²) in [5, 5.41) is 9.12. The molecule has 0 aliphatic heterocycles. The Kier molecular flexibility index (Phi) is 6.70. The number of nitrogens with two attached hydrogens (primary N) is 1. The highest BCUT2D eigenvalue weighted by Crippen LogP contribution is 2.23. The molecular weight excluding hydrogens is 362 g/mol. The number of rotatable bonds is 7. The van der Waals surface area contributed by atoms with Crippen molar-refractivity contribution < 1.29 is 36.6 Å². The lowest BCUT2D eigenvalue weighted by molar-refractivity contribution is -0.138. The van der Waals surface area contributed by atoms with E-state index in [4.69, 9.17) is 15.9 Å². The molecule has 0 saturated heterocycles. The summed E-state index contributed by atoms with van der Waals surface area (Å²) in [4.78, 5) is 23.7. The normalized spacial score (nSPS) is 12.1. The number of carbonyl (C=O) groups is 2. The second kappa shape index (κ2) is 8.32. The van der Waals surface area contributed by atoms with Gasteiger partial charge in [0.05, 0.1) is 12.7 Å². The molecule has 0 atom stereocenters. The Morgan fingerprint density at radius 1 is 1.31 bits per heavy atom. The van der Waals surface area contributed by atoms with E-state index in [0.29, 0.717) is 0 Å². The number of carbonyl (C=O) groups excluding carboxylic acids is 2. The second-order valence-electron chi connectivity index (χ2n) is 4.76. The molecule has 26 heavy (non-hydrogen) atoms. The molecule has 0 amide bonds. The molecule has 1 aromatic carbocycles. The lowest BCUT2D eigenvalue weighted by Crippen LogP contribution is -2.34. The van der Waals surface area contributed by atoms with Crippen LogP contribution in [0.15, 0.2) is 29.6 Å². The Labute approximate surface area is 145 Å². The summed E-state index contributed by atoms with van der Waals surface area (Å²) < 4.78 is 61.0. The molecule has 0 spiro atoms. The second-order valence-corrected chi connectivity index (χ2v) is 4.76. The number of Topliss-reactive ketones (excluding diaryl/α,β-unsaturated/α-hetero) is 1. The van der Waals surface area contributed by atoms with Crippen LogP contribution in [0.25, 0.3) is 0 Å². The third-order valence-electron chi connectivity index (χ3n) is 3.09. The molecule has 0 aromatic heterocycles. The molecule has 1 rings (SSSR count). The minimum Gasteiger partial charge on any atom is -0.497 e. The zero-order chi connectivity index (χ0) is 20.1. The molecule has 0 aliphatic carbocycles. The zero-order valence-electron chi connectivity index (χ0n) is 13.7. The van der Waals surface area contributed by atoms with Gasteiger partial charge >= 0.3 is 12.1 Å². The van der Waals surface area contributed by atoms with Crippen LogP contribution in [0.1, 0.15) is 10.4 Å². The highest BCUT2D eigenvalue weighted by Gasteiger charge is 2.41. The van der Waals surface area contributed by atoms with Crippen LogP contribution in [-0.4, -0.2) is 44.4 Å². The number of ketones is 1. The first kappa shape index (κ1) is 20.9. The van der Waals surface area contributed by atoms with E-state index in [0.717, 1.165) is 19.2 Å². The highest BCUT2D eigenvalue weighted by molar-refractivity contribution is 6.21. The van der Waals surface area contributed by atoms with E-state index >= 15 is 0 Å². The summed E-state index contributed by atoms with van der Waals surface area (Å²) in [6.07, 6.45) is -5.16. The molecular formula is C15H15F4N3O4. The highest BCUT2D eigenvalue weighted by atomic mass is 19.4. The van der Waals surface area contributed by atoms with Crippen molar-refractivity contribution in [2.45, 2.75) is 6.18 Å². The predicted molar refractivity (Wildman–Crippen MR) is 82.3 cm³/mol. The fourth-order valence-electron chi connectivity index (χ4n) is 1.74. The predicted octanol–water partition coefficient (Wildman–Crippen LogP) is 1.53. The van der Waals surface area contributed by atoms with Gasteiger partial charge in [0.1, 0.15) is 23.0 Å². The van der Waals surface area contributed by atoms with Gasteiger partial charge in [0.2, 0.25) is 5.78 Å². The van der Waals surface area contributed by atoms with E-state index < -0.39 is 53.0 Å². The van der Waals surface area contributed by atoms with Crippen LogP contribution < -0.4 is 15.8 Å². The zero-order valence-corrected chi connectivity index (χ0v) is 13.7. The van der Waals surface area contributed by atoms with Gasteiger partial charge in [-0.05, 0) is 12.1 Å². The summed E-state index contributed by atoms with van der Waals surface area (Å²) in [5.41, 5.74) is 1.48. The van der Waals surface area contributed by atoms with Gasteiger partial charge in [-0.25, -0.2) is 9.18 Å². The Morgan fingerprint density at radius 3 is 2.38 bits per heavy atom. The van der Waals surface area contributed by atoms with Crippen molar-refractivity contribution in [1.82, 2.24) is 5.32 Å². The maximum Gasteiger partial charge on any atom is 0.433 e. The van der Waals surface area contributed by atoms with Gasteiger partial charge in [0.25, 0.3) is 0 Å². The fraction of sp³-hybridized carbons (Fsp3) is 0.267. The third kappa shape index (κ3) is 4.94. The third-order valence-corrected chi connectivity index (χ3v) is 3.09. The molecule has 4 N–H and O–H groups in total. The number of methoxy groups -OCH3 is 1. The van der Waals surface area contributed by atoms with E-state index in [9.17, 15) is 27.2 Å². The van der Waals surface area contributed by atoms with Gasteiger partial charge in [0, 0.05) is 13.1 Å². The molecule has 1 aromatic rings. The van der Waals surface area contributed by atoms with Crippen molar-refractivity contribution in [3.05, 3.63) is 41.0 Å². The molecule has 142 valence electrons. The number of alkyl halides is 3. The maximum absolute atomic E-state index is 13.8. The number of ether oxygens (including phenoxy) is 2. The minimum atomic E-state index is -5.16. The standard InChI is InChI=1S/C15H15F4N3O4/c1-22-13(21)11(12(20)15(17,18)19)14(24)26-6-10(23)8-4-3-7(25-2)5-9(8)16/h3-5,20,22H,6,21H2,1-2H3/b13-11+,20-12?. The smallest absolute Gasteiger partial charge is 0.433 e. The van der Waals surface area contributed by atoms with Crippen molar-refractivity contribution in [3.63, 3.8) is 0 Å². The van der Waals surface area contributed by atoms with Crippen LogP contribution >= 0.6 is 0 Å². The topological polar surface area (TPSA) is 115 Å².